The zero-order valence-corrected chi connectivity index (χ0v) is 62.4. The van der Waals surface area contributed by atoms with Gasteiger partial charge in [0.15, 0.2) is 19.8 Å². The fraction of sp³-hybridized carbons (Fsp3) is 0.714. The minimum absolute atomic E-state index is 0.00640. The second-order valence-corrected chi connectivity index (χ2v) is 32.7. The first-order chi connectivity index (χ1) is 50.4. The van der Waals surface area contributed by atoms with Crippen molar-refractivity contribution in [1.29, 1.82) is 0 Å². The molecule has 6 saturated carbocycles. The quantitative estimate of drug-likeness (QED) is 0.0146. The molecule has 105 heavy (non-hydrogen) atoms. The topological polar surface area (TPSA) is 340 Å². The molecule has 0 amide bonds. The largest absolute Gasteiger partial charge is 0.482 e. The van der Waals surface area contributed by atoms with Crippen LogP contribution in [0.1, 0.15) is 247 Å². The van der Waals surface area contributed by atoms with Crippen LogP contribution < -0.4 is 14.2 Å². The summed E-state index contributed by atoms with van der Waals surface area (Å²) in [5.74, 6) is 0.268. The number of ether oxygens (including phenoxy) is 6. The maximum atomic E-state index is 12.4. The molecule has 0 heterocycles. The predicted molar refractivity (Wildman–Crippen MR) is 390 cm³/mol. The van der Waals surface area contributed by atoms with Crippen LogP contribution in [0.25, 0.3) is 0 Å². The van der Waals surface area contributed by atoms with Crippen LogP contribution >= 0.6 is 0 Å². The predicted octanol–water partition coefficient (Wildman–Crippen LogP) is 12.1. The van der Waals surface area contributed by atoms with E-state index in [0.29, 0.717) is 97.7 Å². The first-order valence-electron chi connectivity index (χ1n) is 40.0. The highest BCUT2D eigenvalue weighted by molar-refractivity contribution is 5.85. The molecule has 582 valence electrons. The minimum Gasteiger partial charge on any atom is -0.482 e. The Bertz CT molecular complexity index is 3370. The van der Waals surface area contributed by atoms with Crippen LogP contribution in [0, 0.1) is 53.3 Å². The van der Waals surface area contributed by atoms with Gasteiger partial charge in [0, 0.05) is 19.3 Å². The Labute approximate surface area is 619 Å². The zero-order valence-electron chi connectivity index (χ0n) is 62.4. The van der Waals surface area contributed by atoms with E-state index < -0.39 is 52.6 Å². The van der Waals surface area contributed by atoms with Crippen molar-refractivity contribution in [3.8, 4) is 17.2 Å². The normalized spacial score (nSPS) is 26.9. The molecule has 0 unspecified atom stereocenters. The van der Waals surface area contributed by atoms with E-state index in [-0.39, 0.29) is 87.0 Å². The molecule has 9 N–H and O–H groups in total. The van der Waals surface area contributed by atoms with Gasteiger partial charge in [-0.3, -0.25) is 9.59 Å². The number of esters is 3. The monoisotopic (exact) mass is 1460 g/mol. The Balaban J connectivity index is 0.000000169. The summed E-state index contributed by atoms with van der Waals surface area (Å²) in [5.41, 5.74) is 4.04. The molecule has 3 aromatic rings. The van der Waals surface area contributed by atoms with E-state index in [4.69, 9.17) is 38.6 Å². The third-order valence-corrected chi connectivity index (χ3v) is 24.9. The number of aliphatic hydroxyl groups excluding tert-OH is 6. The number of aliphatic carboxylic acids is 3. The molecular weight excluding hydrogens is 1340 g/mol. The molecule has 0 aliphatic heterocycles. The van der Waals surface area contributed by atoms with Gasteiger partial charge in [-0.25, -0.2) is 19.2 Å². The van der Waals surface area contributed by atoms with E-state index in [2.05, 4.69) is 39.0 Å². The smallest absolute Gasteiger partial charge is 0.348 e. The number of aliphatic hydroxyl groups is 6. The Hall–Kier alpha value is -6.36. The van der Waals surface area contributed by atoms with E-state index in [1.165, 1.54) is 16.7 Å². The summed E-state index contributed by atoms with van der Waals surface area (Å²) < 4.78 is 33.6. The molecule has 21 heteroatoms. The van der Waals surface area contributed by atoms with Gasteiger partial charge in [-0.15, -0.1) is 0 Å². The van der Waals surface area contributed by atoms with Gasteiger partial charge in [0.1, 0.15) is 28.5 Å². The average Bonchev–Trinajstić information content (AvgIpc) is 1.72. The van der Waals surface area contributed by atoms with Gasteiger partial charge < -0.3 is 74.4 Å². The molecule has 0 saturated heterocycles. The molecule has 15 atom stereocenters. The maximum absolute atomic E-state index is 12.4. The molecule has 0 bridgehead atoms. The third kappa shape index (κ3) is 22.4. The van der Waals surface area contributed by atoms with Gasteiger partial charge in [-0.05, 0) is 253 Å². The van der Waals surface area contributed by atoms with Crippen molar-refractivity contribution in [1.82, 2.24) is 0 Å². The average molecular weight is 1470 g/mol. The van der Waals surface area contributed by atoms with Crippen molar-refractivity contribution < 1.29 is 103 Å². The van der Waals surface area contributed by atoms with E-state index in [0.717, 1.165) is 190 Å². The summed E-state index contributed by atoms with van der Waals surface area (Å²) in [5, 5.41) is 90.7. The van der Waals surface area contributed by atoms with Crippen molar-refractivity contribution in [2.75, 3.05) is 19.8 Å². The number of carbonyl (C=O) groups is 6. The second-order valence-electron chi connectivity index (χ2n) is 32.7. The summed E-state index contributed by atoms with van der Waals surface area (Å²) in [6, 6.07) is 17.7. The molecule has 9 aliphatic carbocycles. The van der Waals surface area contributed by atoms with Crippen LogP contribution in [0.2, 0.25) is 0 Å². The fourth-order valence-corrected chi connectivity index (χ4v) is 18.6. The lowest BCUT2D eigenvalue weighted by Crippen LogP contribution is -2.31. The number of hydrogen-bond donors (Lipinski definition) is 9. The van der Waals surface area contributed by atoms with Crippen LogP contribution in [-0.4, -0.2) is 155 Å². The second kappa shape index (κ2) is 37.6. The Morgan fingerprint density at radius 1 is 0.429 bits per heavy atom. The van der Waals surface area contributed by atoms with Crippen LogP contribution in [0.3, 0.4) is 0 Å². The van der Waals surface area contributed by atoms with Crippen LogP contribution in [0.5, 0.6) is 17.2 Å². The molecule has 0 radical (unpaired) electrons. The van der Waals surface area contributed by atoms with Gasteiger partial charge in [-0.2, -0.15) is 0 Å². The molecule has 12 rings (SSSR count). The van der Waals surface area contributed by atoms with Crippen molar-refractivity contribution in [3.05, 3.63) is 88.0 Å². The lowest BCUT2D eigenvalue weighted by Gasteiger charge is -2.32. The van der Waals surface area contributed by atoms with Crippen molar-refractivity contribution in [2.45, 2.75) is 305 Å². The Morgan fingerprint density at radius 3 is 1.08 bits per heavy atom. The number of carbonyl (C=O) groups excluding carboxylic acids is 3. The molecule has 21 nitrogen and oxygen atoms in total. The number of benzene rings is 3. The summed E-state index contributed by atoms with van der Waals surface area (Å²) in [7, 11) is 0. The third-order valence-electron chi connectivity index (χ3n) is 24.9. The van der Waals surface area contributed by atoms with E-state index >= 15 is 0 Å². The zero-order chi connectivity index (χ0) is 75.0. The molecule has 6 fully saturated rings. The molecular formula is C84H120O21. The Kier molecular flexibility index (Phi) is 29.1. The lowest BCUT2D eigenvalue weighted by atomic mass is 9.73. The Morgan fingerprint density at radius 2 is 0.771 bits per heavy atom. The van der Waals surface area contributed by atoms with E-state index in [9.17, 15) is 64.5 Å². The molecule has 9 aliphatic rings. The van der Waals surface area contributed by atoms with Crippen LogP contribution in [0.4, 0.5) is 0 Å². The SMILES string of the molecule is CCCCC[C@H](O)CC[C@@H]1[C@H]2Cc3cccc(OCC(=O)OC4(C(=O)O)CC4)c3C[C@H]2C[C@H]1O.CCCCC[C@H](O)CC[C@@H]1[C@H]2Cc3cccc(OCC(=O)OC4(CC(=O)O)CC4)c3C[C@H]2C[C@H]1O.CCCCC[C@H](O)CC[C@@H]1[C@H]2Cc3cccc(OCC(=O)OC4(CCC(=O)O)CC4)c3C[C@H]2C[C@H]1O. The van der Waals surface area contributed by atoms with E-state index in [1.54, 1.807) is 0 Å². The number of hydrogen-bond acceptors (Lipinski definition) is 18. The minimum atomic E-state index is -1.36. The lowest BCUT2D eigenvalue weighted by molar-refractivity contribution is -0.168. The van der Waals surface area contributed by atoms with Crippen LogP contribution in [-0.2, 0) is 81.5 Å². The fourth-order valence-electron chi connectivity index (χ4n) is 18.6. The van der Waals surface area contributed by atoms with E-state index in [1.807, 2.05) is 36.4 Å². The highest BCUT2D eigenvalue weighted by atomic mass is 16.6. The number of carboxylic acid groups (broad SMARTS) is 3. The molecule has 0 aromatic heterocycles. The van der Waals surface area contributed by atoms with Crippen molar-refractivity contribution in [3.63, 3.8) is 0 Å². The summed E-state index contributed by atoms with van der Waals surface area (Å²) >= 11 is 0. The van der Waals surface area contributed by atoms with Crippen molar-refractivity contribution in [2.24, 2.45) is 53.3 Å². The molecule has 0 spiro atoms. The maximum Gasteiger partial charge on any atom is 0.348 e. The number of unbranched alkanes of at least 4 members (excludes halogenated alkanes) is 6. The summed E-state index contributed by atoms with van der Waals surface area (Å²) in [4.78, 5) is 70.0. The number of rotatable bonds is 39. The number of fused-ring (bicyclic) bond motifs is 6. The standard InChI is InChI=1S/C29H42O7.C28H40O7.C27H38O7/c1-2-3-4-7-21(30)9-10-22-23-15-19-6-5-8-26(24(19)16-20(23)17-25(22)31)35-18-28(34)36-29(13-14-29)12-11-27(32)33;1-2-3-4-7-20(29)9-10-21-22-13-18-6-5-8-25(23(18)14-19(22)15-24(21)30)34-17-27(33)35-28(11-12-28)16-26(31)32;1-2-3-4-7-19(28)9-10-20-21-13-17-6-5-8-24(22(17)14-18(21)15-23(20)29)33-16-25(30)34-27(11-12-27)26(31)32/h5-6,8,20-23,25,30-31H,2-4,7,9-18H2,1H3,(H,32,33);5-6,8,19-22,24,29-30H,2-4,7,9-17H2,1H3,(H,31,32);5-6,8,18-21,23,28-29H,2-4,7,9-16H2,1H3,(H,31,32)/t20-,21-,22+,23-,25+;19-,20-,21+,22-,24+;18-,19-,20+,21-,23+/m000/s1. The van der Waals surface area contributed by atoms with Gasteiger partial charge in [-0.1, -0.05) is 115 Å². The number of carboxylic acids is 3. The first-order valence-corrected chi connectivity index (χ1v) is 40.0. The van der Waals surface area contributed by atoms with Crippen molar-refractivity contribution >= 4 is 35.8 Å². The van der Waals surface area contributed by atoms with Gasteiger partial charge in [0.05, 0.1) is 43.0 Å². The first kappa shape index (κ1) is 81.2. The highest BCUT2D eigenvalue weighted by Gasteiger charge is 2.55. The molecule has 3 aromatic carbocycles. The van der Waals surface area contributed by atoms with Gasteiger partial charge in [0.2, 0.25) is 5.60 Å². The van der Waals surface area contributed by atoms with Gasteiger partial charge in [0.25, 0.3) is 0 Å². The highest BCUT2D eigenvalue weighted by Crippen LogP contribution is 2.53. The van der Waals surface area contributed by atoms with Gasteiger partial charge >= 0.3 is 35.8 Å². The van der Waals surface area contributed by atoms with Crippen LogP contribution in [0.15, 0.2) is 54.6 Å². The summed E-state index contributed by atoms with van der Waals surface area (Å²) in [6.45, 7) is 5.73. The summed E-state index contributed by atoms with van der Waals surface area (Å²) in [6.07, 6.45) is 26.2.